The summed E-state index contributed by atoms with van der Waals surface area (Å²) in [7, 11) is 1.63. The van der Waals surface area contributed by atoms with Gasteiger partial charge in [-0.15, -0.1) is 11.5 Å². The molecule has 0 bridgehead atoms. The number of carbonyl (C=O) groups excluding carboxylic acids is 1. The Kier molecular flexibility index (Phi) is 3.65. The zero-order valence-electron chi connectivity index (χ0n) is 12.5. The molecule has 0 fully saturated rings. The SMILES string of the molecule is C#CCN(C)C(=O)c1cc(N)n2nc(-c3ccccn3)nc2c1. The molecule has 3 aromatic heterocycles. The lowest BCUT2D eigenvalue weighted by Crippen LogP contribution is -2.27. The van der Waals surface area contributed by atoms with Crippen molar-refractivity contribution >= 4 is 17.4 Å². The first-order valence-electron chi connectivity index (χ1n) is 6.87. The van der Waals surface area contributed by atoms with Gasteiger partial charge in [0.1, 0.15) is 11.5 Å². The van der Waals surface area contributed by atoms with E-state index in [1.54, 1.807) is 31.4 Å². The van der Waals surface area contributed by atoms with E-state index in [0.29, 0.717) is 28.5 Å². The van der Waals surface area contributed by atoms with Gasteiger partial charge < -0.3 is 10.6 Å². The van der Waals surface area contributed by atoms with Crippen LogP contribution in [0.4, 0.5) is 5.82 Å². The summed E-state index contributed by atoms with van der Waals surface area (Å²) in [6.45, 7) is 0.218. The van der Waals surface area contributed by atoms with Crippen molar-refractivity contribution in [1.82, 2.24) is 24.5 Å². The first-order valence-corrected chi connectivity index (χ1v) is 6.87. The van der Waals surface area contributed by atoms with Gasteiger partial charge in [0.05, 0.1) is 6.54 Å². The lowest BCUT2D eigenvalue weighted by Gasteiger charge is -2.14. The largest absolute Gasteiger partial charge is 0.384 e. The molecule has 3 heterocycles. The Labute approximate surface area is 132 Å². The van der Waals surface area contributed by atoms with E-state index >= 15 is 0 Å². The molecule has 0 saturated carbocycles. The van der Waals surface area contributed by atoms with Crippen LogP contribution >= 0.6 is 0 Å². The van der Waals surface area contributed by atoms with Crippen LogP contribution in [-0.4, -0.2) is 44.0 Å². The van der Waals surface area contributed by atoms with Crippen LogP contribution in [0.5, 0.6) is 0 Å². The van der Waals surface area contributed by atoms with Crippen molar-refractivity contribution in [3.05, 3.63) is 42.1 Å². The smallest absolute Gasteiger partial charge is 0.254 e. The fourth-order valence-corrected chi connectivity index (χ4v) is 2.16. The maximum absolute atomic E-state index is 12.3. The van der Waals surface area contributed by atoms with Crippen molar-refractivity contribution in [1.29, 1.82) is 0 Å². The van der Waals surface area contributed by atoms with E-state index in [0.717, 1.165) is 0 Å². The molecule has 7 nitrogen and oxygen atoms in total. The van der Waals surface area contributed by atoms with Crippen molar-refractivity contribution < 1.29 is 4.79 Å². The Morgan fingerprint density at radius 2 is 2.26 bits per heavy atom. The Morgan fingerprint density at radius 1 is 1.43 bits per heavy atom. The predicted molar refractivity (Wildman–Crippen MR) is 86.4 cm³/mol. The summed E-state index contributed by atoms with van der Waals surface area (Å²) in [6, 6.07) is 8.65. The lowest BCUT2D eigenvalue weighted by atomic mass is 10.2. The molecule has 0 aromatic carbocycles. The molecule has 3 aromatic rings. The highest BCUT2D eigenvalue weighted by molar-refractivity contribution is 5.96. The number of hydrogen-bond acceptors (Lipinski definition) is 5. The molecule has 7 heteroatoms. The number of carbonyl (C=O) groups is 1. The van der Waals surface area contributed by atoms with Crippen LogP contribution in [0.2, 0.25) is 0 Å². The summed E-state index contributed by atoms with van der Waals surface area (Å²) in [4.78, 5) is 22.3. The second kappa shape index (κ2) is 5.77. The molecule has 0 saturated heterocycles. The third-order valence-electron chi connectivity index (χ3n) is 3.28. The minimum Gasteiger partial charge on any atom is -0.384 e. The highest BCUT2D eigenvalue weighted by Gasteiger charge is 2.16. The number of hydrogen-bond donors (Lipinski definition) is 1. The first-order chi connectivity index (χ1) is 11.1. The number of aromatic nitrogens is 4. The normalized spacial score (nSPS) is 10.4. The van der Waals surface area contributed by atoms with E-state index in [-0.39, 0.29) is 12.5 Å². The van der Waals surface area contributed by atoms with E-state index in [2.05, 4.69) is 21.0 Å². The fourth-order valence-electron chi connectivity index (χ4n) is 2.16. The second-order valence-electron chi connectivity index (χ2n) is 4.95. The van der Waals surface area contributed by atoms with Crippen LogP contribution in [0.25, 0.3) is 17.2 Å². The summed E-state index contributed by atoms with van der Waals surface area (Å²) < 4.78 is 1.47. The van der Waals surface area contributed by atoms with Crippen LogP contribution in [0.15, 0.2) is 36.5 Å². The van der Waals surface area contributed by atoms with Gasteiger partial charge in [-0.1, -0.05) is 12.0 Å². The molecule has 114 valence electrons. The number of pyridine rings is 2. The van der Waals surface area contributed by atoms with E-state index in [1.165, 1.54) is 9.42 Å². The maximum atomic E-state index is 12.3. The van der Waals surface area contributed by atoms with Gasteiger partial charge in [0.25, 0.3) is 5.91 Å². The molecule has 0 atom stereocenters. The molecule has 0 unspecified atom stereocenters. The summed E-state index contributed by atoms with van der Waals surface area (Å²) in [5.41, 5.74) is 7.51. The van der Waals surface area contributed by atoms with Gasteiger partial charge in [-0.25, -0.2) is 4.98 Å². The Morgan fingerprint density at radius 3 is 2.96 bits per heavy atom. The molecular weight excluding hydrogens is 292 g/mol. The minimum absolute atomic E-state index is 0.218. The third kappa shape index (κ3) is 2.70. The van der Waals surface area contributed by atoms with Crippen LogP contribution in [0, 0.1) is 12.3 Å². The topological polar surface area (TPSA) is 89.4 Å². The molecule has 3 rings (SSSR count). The van der Waals surface area contributed by atoms with Gasteiger partial charge in [-0.2, -0.15) is 4.52 Å². The average Bonchev–Trinajstić information content (AvgIpc) is 3.00. The highest BCUT2D eigenvalue weighted by atomic mass is 16.2. The van der Waals surface area contributed by atoms with Crippen LogP contribution in [0.1, 0.15) is 10.4 Å². The number of amides is 1. The quantitative estimate of drug-likeness (QED) is 0.731. The Balaban J connectivity index is 2.05. The van der Waals surface area contributed by atoms with Gasteiger partial charge >= 0.3 is 0 Å². The molecule has 0 aliphatic carbocycles. The third-order valence-corrected chi connectivity index (χ3v) is 3.28. The lowest BCUT2D eigenvalue weighted by molar-refractivity contribution is 0.0812. The number of fused-ring (bicyclic) bond motifs is 1. The average molecular weight is 306 g/mol. The van der Waals surface area contributed by atoms with Gasteiger partial charge in [0, 0.05) is 18.8 Å². The zero-order valence-corrected chi connectivity index (χ0v) is 12.5. The summed E-state index contributed by atoms with van der Waals surface area (Å²) in [5, 5.41) is 4.32. The van der Waals surface area contributed by atoms with Crippen molar-refractivity contribution in [3.63, 3.8) is 0 Å². The fraction of sp³-hybridized carbons (Fsp3) is 0.125. The Bertz CT molecular complexity index is 909. The zero-order chi connectivity index (χ0) is 16.4. The molecule has 2 N–H and O–H groups in total. The van der Waals surface area contributed by atoms with Gasteiger partial charge in [0.2, 0.25) is 5.82 Å². The van der Waals surface area contributed by atoms with Crippen LogP contribution in [0.3, 0.4) is 0 Å². The van der Waals surface area contributed by atoms with Crippen molar-refractivity contribution in [2.75, 3.05) is 19.3 Å². The van der Waals surface area contributed by atoms with Crippen molar-refractivity contribution in [2.24, 2.45) is 0 Å². The second-order valence-corrected chi connectivity index (χ2v) is 4.95. The van der Waals surface area contributed by atoms with Gasteiger partial charge in [-0.05, 0) is 24.3 Å². The molecule has 1 amide bonds. The number of nitrogen functional groups attached to an aromatic ring is 1. The van der Waals surface area contributed by atoms with E-state index in [9.17, 15) is 4.79 Å². The number of rotatable bonds is 3. The number of anilines is 1. The monoisotopic (exact) mass is 306 g/mol. The molecule has 0 radical (unpaired) electrons. The van der Waals surface area contributed by atoms with Gasteiger partial charge in [0.15, 0.2) is 5.65 Å². The molecule has 23 heavy (non-hydrogen) atoms. The number of nitrogens with zero attached hydrogens (tertiary/aromatic N) is 5. The van der Waals surface area contributed by atoms with E-state index in [1.807, 2.05) is 12.1 Å². The molecule has 0 spiro atoms. The predicted octanol–water partition coefficient (Wildman–Crippen LogP) is 1.08. The first kappa shape index (κ1) is 14.5. The highest BCUT2D eigenvalue weighted by Crippen LogP contribution is 2.18. The Hall–Kier alpha value is -3.40. The van der Waals surface area contributed by atoms with Gasteiger partial charge in [-0.3, -0.25) is 9.78 Å². The maximum Gasteiger partial charge on any atom is 0.254 e. The van der Waals surface area contributed by atoms with Crippen LogP contribution < -0.4 is 5.73 Å². The summed E-state index contributed by atoms with van der Waals surface area (Å²) >= 11 is 0. The molecule has 0 aliphatic rings. The molecular formula is C16H14N6O. The van der Waals surface area contributed by atoms with E-state index in [4.69, 9.17) is 12.2 Å². The minimum atomic E-state index is -0.223. The van der Waals surface area contributed by atoms with E-state index < -0.39 is 0 Å². The van der Waals surface area contributed by atoms with Crippen molar-refractivity contribution in [2.45, 2.75) is 0 Å². The number of nitrogens with two attached hydrogens (primary N) is 1. The summed E-state index contributed by atoms with van der Waals surface area (Å²) in [6.07, 6.45) is 6.89. The molecule has 0 aliphatic heterocycles. The van der Waals surface area contributed by atoms with Crippen molar-refractivity contribution in [3.8, 4) is 23.9 Å². The summed E-state index contributed by atoms with van der Waals surface area (Å²) in [5.74, 6) is 2.96. The standard InChI is InChI=1S/C16H14N6O/c1-3-8-21(2)16(23)11-9-13(17)22-14(10-11)19-15(20-22)12-6-4-5-7-18-12/h1,4-7,9-10H,8,17H2,2H3. The van der Waals surface area contributed by atoms with Crippen LogP contribution in [-0.2, 0) is 0 Å². The number of terminal acetylenes is 1.